The summed E-state index contributed by atoms with van der Waals surface area (Å²) in [6.45, 7) is 7.11. The molecule has 0 saturated carbocycles. The highest BCUT2D eigenvalue weighted by atomic mass is 19.4. The molecule has 0 radical (unpaired) electrons. The van der Waals surface area contributed by atoms with Crippen molar-refractivity contribution in [1.82, 2.24) is 4.90 Å². The van der Waals surface area contributed by atoms with Crippen LogP contribution in [0.15, 0.2) is 24.3 Å². The van der Waals surface area contributed by atoms with Crippen LogP contribution in [-0.4, -0.2) is 28.7 Å². The van der Waals surface area contributed by atoms with Gasteiger partial charge in [-0.15, -0.1) is 0 Å². The van der Waals surface area contributed by atoms with Crippen molar-refractivity contribution >= 4 is 0 Å². The third-order valence-corrected chi connectivity index (χ3v) is 2.75. The Balaban J connectivity index is 2.71. The standard InChI is InChI=1S/C14H20F3NO/c1-4-18(10-13(2,3)19)9-11-5-7-12(8-6-11)14(15,16)17/h5-8,19H,4,9-10H2,1-3H3. The zero-order valence-corrected chi connectivity index (χ0v) is 11.5. The number of likely N-dealkylation sites (N-methyl/N-ethyl adjacent to an activating group) is 1. The molecule has 0 spiro atoms. The number of aliphatic hydroxyl groups is 1. The van der Waals surface area contributed by atoms with Crippen LogP contribution < -0.4 is 0 Å². The van der Waals surface area contributed by atoms with E-state index in [1.165, 1.54) is 12.1 Å². The van der Waals surface area contributed by atoms with Gasteiger partial charge in [-0.25, -0.2) is 0 Å². The Kier molecular flexibility index (Phi) is 4.98. The molecule has 0 atom stereocenters. The molecule has 5 heteroatoms. The van der Waals surface area contributed by atoms with E-state index in [4.69, 9.17) is 0 Å². The van der Waals surface area contributed by atoms with Crippen molar-refractivity contribution < 1.29 is 18.3 Å². The largest absolute Gasteiger partial charge is 0.416 e. The van der Waals surface area contributed by atoms with Crippen LogP contribution in [0.5, 0.6) is 0 Å². The second kappa shape index (κ2) is 5.92. The highest BCUT2D eigenvalue weighted by Gasteiger charge is 2.30. The average molecular weight is 275 g/mol. The Bertz CT molecular complexity index is 393. The Hall–Kier alpha value is -1.07. The van der Waals surface area contributed by atoms with Crippen molar-refractivity contribution in [2.75, 3.05) is 13.1 Å². The van der Waals surface area contributed by atoms with Crippen molar-refractivity contribution in [3.8, 4) is 0 Å². The van der Waals surface area contributed by atoms with Gasteiger partial charge >= 0.3 is 6.18 Å². The summed E-state index contributed by atoms with van der Waals surface area (Å²) in [7, 11) is 0. The lowest BCUT2D eigenvalue weighted by molar-refractivity contribution is -0.137. The van der Waals surface area contributed by atoms with Gasteiger partial charge in [0.2, 0.25) is 0 Å². The third-order valence-electron chi connectivity index (χ3n) is 2.75. The molecule has 1 aromatic carbocycles. The molecule has 2 nitrogen and oxygen atoms in total. The zero-order valence-electron chi connectivity index (χ0n) is 11.5. The number of hydrogen-bond acceptors (Lipinski definition) is 2. The van der Waals surface area contributed by atoms with E-state index >= 15 is 0 Å². The first kappa shape index (κ1) is 16.0. The minimum absolute atomic E-state index is 0.477. The first-order valence-corrected chi connectivity index (χ1v) is 6.22. The van der Waals surface area contributed by atoms with Gasteiger partial charge in [0.25, 0.3) is 0 Å². The van der Waals surface area contributed by atoms with Gasteiger partial charge in [0, 0.05) is 13.1 Å². The van der Waals surface area contributed by atoms with Crippen LogP contribution in [-0.2, 0) is 12.7 Å². The molecule has 1 rings (SSSR count). The average Bonchev–Trinajstić information content (AvgIpc) is 2.26. The highest BCUT2D eigenvalue weighted by Crippen LogP contribution is 2.29. The van der Waals surface area contributed by atoms with E-state index in [0.717, 1.165) is 24.2 Å². The fourth-order valence-electron chi connectivity index (χ4n) is 1.88. The minimum Gasteiger partial charge on any atom is -0.389 e. The maximum absolute atomic E-state index is 12.4. The second-order valence-electron chi connectivity index (χ2n) is 5.31. The molecule has 1 N–H and O–H groups in total. The van der Waals surface area contributed by atoms with E-state index < -0.39 is 17.3 Å². The van der Waals surface area contributed by atoms with E-state index in [-0.39, 0.29) is 0 Å². The summed E-state index contributed by atoms with van der Waals surface area (Å²) in [4.78, 5) is 1.99. The van der Waals surface area contributed by atoms with Crippen LogP contribution in [0.4, 0.5) is 13.2 Å². The summed E-state index contributed by atoms with van der Waals surface area (Å²) in [5.74, 6) is 0. The van der Waals surface area contributed by atoms with Gasteiger partial charge in [0.05, 0.1) is 11.2 Å². The Morgan fingerprint density at radius 3 is 2.00 bits per heavy atom. The second-order valence-corrected chi connectivity index (χ2v) is 5.31. The van der Waals surface area contributed by atoms with Gasteiger partial charge in [-0.3, -0.25) is 4.90 Å². The molecule has 0 heterocycles. The number of alkyl halides is 3. The Morgan fingerprint density at radius 1 is 1.11 bits per heavy atom. The fourth-order valence-corrected chi connectivity index (χ4v) is 1.88. The maximum Gasteiger partial charge on any atom is 0.416 e. The minimum atomic E-state index is -4.30. The molecule has 0 aliphatic carbocycles. The summed E-state index contributed by atoms with van der Waals surface area (Å²) in [5.41, 5.74) is -0.650. The zero-order chi connectivity index (χ0) is 14.7. The number of nitrogens with zero attached hydrogens (tertiary/aromatic N) is 1. The lowest BCUT2D eigenvalue weighted by Gasteiger charge is -2.28. The molecule has 0 aromatic heterocycles. The topological polar surface area (TPSA) is 23.5 Å². The molecule has 0 saturated heterocycles. The SMILES string of the molecule is CCN(Cc1ccc(C(F)(F)F)cc1)CC(C)(C)O. The number of halogens is 3. The van der Waals surface area contributed by atoms with Crippen molar-refractivity contribution in [3.63, 3.8) is 0 Å². The van der Waals surface area contributed by atoms with E-state index in [0.29, 0.717) is 13.1 Å². The van der Waals surface area contributed by atoms with Gasteiger partial charge < -0.3 is 5.11 Å². The van der Waals surface area contributed by atoms with Crippen molar-refractivity contribution in [3.05, 3.63) is 35.4 Å². The highest BCUT2D eigenvalue weighted by molar-refractivity contribution is 5.24. The molecule has 1 aromatic rings. The Morgan fingerprint density at radius 2 is 1.63 bits per heavy atom. The first-order valence-electron chi connectivity index (χ1n) is 6.22. The lowest BCUT2D eigenvalue weighted by atomic mass is 10.1. The van der Waals surface area contributed by atoms with Crippen LogP contribution in [0.25, 0.3) is 0 Å². The molecule has 0 unspecified atom stereocenters. The van der Waals surface area contributed by atoms with E-state index in [2.05, 4.69) is 0 Å². The van der Waals surface area contributed by atoms with Crippen LogP contribution >= 0.6 is 0 Å². The Labute approximate surface area is 111 Å². The van der Waals surface area contributed by atoms with Crippen molar-refractivity contribution in [2.45, 2.75) is 39.1 Å². The molecule has 0 bridgehead atoms. The summed E-state index contributed by atoms with van der Waals surface area (Å²) in [6, 6.07) is 5.15. The van der Waals surface area contributed by atoms with E-state index in [1.807, 2.05) is 11.8 Å². The fraction of sp³-hybridized carbons (Fsp3) is 0.571. The molecule has 0 aliphatic heterocycles. The summed E-state index contributed by atoms with van der Waals surface area (Å²) < 4.78 is 37.3. The van der Waals surface area contributed by atoms with Crippen LogP contribution in [0, 0.1) is 0 Å². The van der Waals surface area contributed by atoms with E-state index in [9.17, 15) is 18.3 Å². The maximum atomic E-state index is 12.4. The smallest absolute Gasteiger partial charge is 0.389 e. The molecular weight excluding hydrogens is 255 g/mol. The molecule has 108 valence electrons. The van der Waals surface area contributed by atoms with Crippen LogP contribution in [0.2, 0.25) is 0 Å². The van der Waals surface area contributed by atoms with Gasteiger partial charge in [-0.1, -0.05) is 19.1 Å². The van der Waals surface area contributed by atoms with Crippen LogP contribution in [0.1, 0.15) is 31.9 Å². The number of hydrogen-bond donors (Lipinski definition) is 1. The first-order chi connectivity index (χ1) is 8.62. The van der Waals surface area contributed by atoms with Gasteiger partial charge in [0.1, 0.15) is 0 Å². The molecule has 0 fully saturated rings. The summed E-state index contributed by atoms with van der Waals surface area (Å²) in [5, 5.41) is 9.76. The predicted molar refractivity (Wildman–Crippen MR) is 68.7 cm³/mol. The van der Waals surface area contributed by atoms with Gasteiger partial charge in [-0.2, -0.15) is 13.2 Å². The molecule has 0 aliphatic rings. The van der Waals surface area contributed by atoms with Gasteiger partial charge in [-0.05, 0) is 38.1 Å². The molecule has 0 amide bonds. The third kappa shape index (κ3) is 5.61. The van der Waals surface area contributed by atoms with Crippen LogP contribution in [0.3, 0.4) is 0 Å². The molecule has 19 heavy (non-hydrogen) atoms. The quantitative estimate of drug-likeness (QED) is 0.891. The predicted octanol–water partition coefficient (Wildman–Crippen LogP) is 3.30. The lowest BCUT2D eigenvalue weighted by Crippen LogP contribution is -2.38. The van der Waals surface area contributed by atoms with Crippen molar-refractivity contribution in [1.29, 1.82) is 0 Å². The number of rotatable bonds is 5. The summed E-state index contributed by atoms with van der Waals surface area (Å²) in [6.07, 6.45) is -4.30. The van der Waals surface area contributed by atoms with E-state index in [1.54, 1.807) is 13.8 Å². The molecular formula is C14H20F3NO. The summed E-state index contributed by atoms with van der Waals surface area (Å²) >= 11 is 0. The van der Waals surface area contributed by atoms with Crippen molar-refractivity contribution in [2.24, 2.45) is 0 Å². The van der Waals surface area contributed by atoms with Gasteiger partial charge in [0.15, 0.2) is 0 Å². The normalized spacial score (nSPS) is 13.1. The monoisotopic (exact) mass is 275 g/mol. The number of benzene rings is 1.